The van der Waals surface area contributed by atoms with Gasteiger partial charge in [0.05, 0.1) is 0 Å². The van der Waals surface area contributed by atoms with Gasteiger partial charge in [-0.2, -0.15) is 0 Å². The number of hydrogen-bond donors (Lipinski definition) is 1. The Kier molecular flexibility index (Phi) is 32.9. The topological polar surface area (TPSA) is 31.5 Å². The molecule has 0 amide bonds. The molecule has 6 saturated heterocycles. The predicted molar refractivity (Wildman–Crippen MR) is 261 cm³/mol. The van der Waals surface area contributed by atoms with Crippen molar-refractivity contribution in [1.29, 1.82) is 0 Å². The molecule has 7 heteroatoms. The van der Waals surface area contributed by atoms with Crippen molar-refractivity contribution in [2.24, 2.45) is 5.92 Å². The number of nitrogens with one attached hydrogen (secondary N) is 1. The van der Waals surface area contributed by atoms with Crippen LogP contribution in [0.5, 0.6) is 0 Å². The molecule has 0 aromatic rings. The molecule has 1 aliphatic carbocycles. The third-order valence-electron chi connectivity index (χ3n) is 13.7. The first-order chi connectivity index (χ1) is 27.8. The van der Waals surface area contributed by atoms with Crippen LogP contribution in [0.4, 0.5) is 0 Å². The van der Waals surface area contributed by atoms with E-state index >= 15 is 0 Å². The second-order valence-electron chi connectivity index (χ2n) is 20.1. The van der Waals surface area contributed by atoms with Crippen LogP contribution in [0.25, 0.3) is 0 Å². The maximum absolute atomic E-state index is 3.33. The van der Waals surface area contributed by atoms with Crippen LogP contribution in [-0.4, -0.2) is 157 Å². The van der Waals surface area contributed by atoms with Gasteiger partial charge in [-0.1, -0.05) is 46.0 Å². The lowest BCUT2D eigenvalue weighted by molar-refractivity contribution is 0.170. The minimum atomic E-state index is 0.729. The van der Waals surface area contributed by atoms with Gasteiger partial charge in [-0.25, -0.2) is 0 Å². The van der Waals surface area contributed by atoms with Gasteiger partial charge in [0.2, 0.25) is 0 Å². The molecule has 6 heterocycles. The second kappa shape index (κ2) is 34.2. The molecule has 2 unspecified atom stereocenters. The number of piperidine rings is 4. The predicted octanol–water partition coefficient (Wildman–Crippen LogP) is 11.1. The van der Waals surface area contributed by atoms with Crippen LogP contribution in [0, 0.1) is 5.92 Å². The van der Waals surface area contributed by atoms with Gasteiger partial charge in [0.1, 0.15) is 0 Å². The van der Waals surface area contributed by atoms with Crippen molar-refractivity contribution in [3.05, 3.63) is 0 Å². The molecule has 0 aromatic carbocycles. The molecule has 2 bridgehead atoms. The number of piperazine rings is 1. The Hall–Kier alpha value is -0.280. The van der Waals surface area contributed by atoms with E-state index in [1.54, 1.807) is 0 Å². The maximum atomic E-state index is 3.33. The van der Waals surface area contributed by atoms with Crippen LogP contribution in [0.3, 0.4) is 0 Å². The van der Waals surface area contributed by atoms with Crippen molar-refractivity contribution in [2.45, 2.75) is 242 Å². The van der Waals surface area contributed by atoms with E-state index in [0.29, 0.717) is 0 Å². The highest BCUT2D eigenvalue weighted by atomic mass is 15.2. The van der Waals surface area contributed by atoms with Crippen LogP contribution >= 0.6 is 0 Å². The van der Waals surface area contributed by atoms with Crippen molar-refractivity contribution in [3.63, 3.8) is 0 Å². The summed E-state index contributed by atoms with van der Waals surface area (Å²) in [4.78, 5) is 15.4. The van der Waals surface area contributed by atoms with E-state index in [0.717, 1.165) is 61.3 Å². The van der Waals surface area contributed by atoms with E-state index in [4.69, 9.17) is 0 Å². The Bertz CT molecular complexity index is 787. The number of fused-ring (bicyclic) bond motifs is 2. The molecule has 0 spiro atoms. The third-order valence-corrected chi connectivity index (χ3v) is 13.7. The average molecular weight is 820 g/mol. The van der Waals surface area contributed by atoms with E-state index in [-0.39, 0.29) is 0 Å². The molecule has 1 N–H and O–H groups in total. The Morgan fingerprint density at radius 2 is 0.621 bits per heavy atom. The molecule has 58 heavy (non-hydrogen) atoms. The fourth-order valence-corrected chi connectivity index (χ4v) is 9.71. The molecule has 0 aromatic heterocycles. The van der Waals surface area contributed by atoms with Crippen molar-refractivity contribution >= 4 is 0 Å². The number of nitrogens with zero attached hydrogens (tertiary/aromatic N) is 6. The lowest BCUT2D eigenvalue weighted by atomic mass is 10.1. The van der Waals surface area contributed by atoms with E-state index < -0.39 is 0 Å². The fourth-order valence-electron chi connectivity index (χ4n) is 9.71. The summed E-state index contributed by atoms with van der Waals surface area (Å²) in [7, 11) is 0. The Morgan fingerprint density at radius 3 is 0.810 bits per heavy atom. The molecule has 6 aliphatic heterocycles. The van der Waals surface area contributed by atoms with Crippen LogP contribution in [0.2, 0.25) is 0 Å². The summed E-state index contributed by atoms with van der Waals surface area (Å²) < 4.78 is 0. The molecule has 7 rings (SSSR count). The van der Waals surface area contributed by atoms with Gasteiger partial charge in [-0.3, -0.25) is 9.80 Å². The molecule has 2 atom stereocenters. The molecule has 7 aliphatic rings. The molecule has 7 nitrogen and oxygen atoms in total. The van der Waals surface area contributed by atoms with Crippen molar-refractivity contribution in [3.8, 4) is 0 Å². The van der Waals surface area contributed by atoms with E-state index in [1.165, 1.54) is 175 Å². The van der Waals surface area contributed by atoms with Crippen molar-refractivity contribution < 1.29 is 0 Å². The van der Waals surface area contributed by atoms with Crippen molar-refractivity contribution in [2.75, 3.05) is 85.1 Å². The third kappa shape index (κ3) is 25.0. The lowest BCUT2D eigenvalue weighted by Gasteiger charge is -2.30. The van der Waals surface area contributed by atoms with Gasteiger partial charge in [0.15, 0.2) is 0 Å². The Labute approximate surface area is 366 Å². The normalized spacial score (nSPS) is 25.2. The highest BCUT2D eigenvalue weighted by Gasteiger charge is 2.38. The van der Waals surface area contributed by atoms with Gasteiger partial charge in [-0.05, 0) is 212 Å². The van der Waals surface area contributed by atoms with E-state index in [2.05, 4.69) is 118 Å². The number of hydrogen-bond acceptors (Lipinski definition) is 7. The second-order valence-corrected chi connectivity index (χ2v) is 20.1. The van der Waals surface area contributed by atoms with Gasteiger partial charge in [0, 0.05) is 75.0 Å². The standard InChI is InChI=1S/C9H17N.C9H19N.3C8H17N.C7H16N2.C2H6/c1-7(2)10-6-8-3-4-9(10)5-8;1-9(2)10-7-5-3-4-6-8-10;3*1-8(2)9-6-4-3-5-7-9;1-7(2)9-5-3-8-4-6-9;1-2/h7-9H,3-6H2,1-2H3;9H,3-8H2,1-2H3;3*8H,3-7H2,1-2H3;7-8H,3-6H2,1-2H3;1-2H3. The van der Waals surface area contributed by atoms with E-state index in [1.807, 2.05) is 13.8 Å². The summed E-state index contributed by atoms with van der Waals surface area (Å²) in [6.45, 7) is 48.3. The number of likely N-dealkylation sites (tertiary alicyclic amines) is 5. The smallest absolute Gasteiger partial charge is 0.0110 e. The zero-order valence-corrected chi connectivity index (χ0v) is 42.3. The Balaban J connectivity index is 0.000000345. The SMILES string of the molecule is CC.CC(C)N1CC2CCC1C2.CC(C)N1CCCCC1.CC(C)N1CCCCC1.CC(C)N1CCCCC1.CC(C)N1CCCCCC1.CC(C)N1CCNCC1. The van der Waals surface area contributed by atoms with Crippen LogP contribution in [-0.2, 0) is 0 Å². The highest BCUT2D eigenvalue weighted by molar-refractivity contribution is 4.93. The summed E-state index contributed by atoms with van der Waals surface area (Å²) in [5, 5.41) is 3.33. The molecular formula is C51H109N7. The maximum Gasteiger partial charge on any atom is 0.0110 e. The van der Waals surface area contributed by atoms with Gasteiger partial charge >= 0.3 is 0 Å². The molecule has 1 saturated carbocycles. The zero-order valence-electron chi connectivity index (χ0n) is 42.3. The quantitative estimate of drug-likeness (QED) is 0.286. The molecule has 7 fully saturated rings. The largest absolute Gasteiger partial charge is 0.314 e. The monoisotopic (exact) mass is 820 g/mol. The van der Waals surface area contributed by atoms with Gasteiger partial charge < -0.3 is 24.9 Å². The van der Waals surface area contributed by atoms with Gasteiger partial charge in [-0.15, -0.1) is 0 Å². The average Bonchev–Trinajstić information content (AvgIpc) is 3.79. The molecule has 348 valence electrons. The van der Waals surface area contributed by atoms with Gasteiger partial charge in [0.25, 0.3) is 0 Å². The first-order valence-corrected chi connectivity index (χ1v) is 26.0. The summed E-state index contributed by atoms with van der Waals surface area (Å²) >= 11 is 0. The molecular weight excluding hydrogens is 711 g/mol. The summed E-state index contributed by atoms with van der Waals surface area (Å²) in [6, 6.07) is 5.55. The first-order valence-electron chi connectivity index (χ1n) is 26.0. The van der Waals surface area contributed by atoms with Crippen LogP contribution < -0.4 is 5.32 Å². The van der Waals surface area contributed by atoms with Crippen LogP contribution in [0.15, 0.2) is 0 Å². The zero-order chi connectivity index (χ0) is 43.3. The molecule has 0 radical (unpaired) electrons. The van der Waals surface area contributed by atoms with Crippen LogP contribution in [0.1, 0.15) is 200 Å². The minimum Gasteiger partial charge on any atom is -0.314 e. The number of rotatable bonds is 6. The minimum absolute atomic E-state index is 0.729. The summed E-state index contributed by atoms with van der Waals surface area (Å²) in [5.41, 5.74) is 0. The van der Waals surface area contributed by atoms with E-state index in [9.17, 15) is 0 Å². The highest BCUT2D eigenvalue weighted by Crippen LogP contribution is 2.38. The first kappa shape index (κ1) is 55.7. The fraction of sp³-hybridized carbons (Fsp3) is 1.00. The van der Waals surface area contributed by atoms with Crippen molar-refractivity contribution in [1.82, 2.24) is 34.7 Å². The summed E-state index contributed by atoms with van der Waals surface area (Å²) in [6.07, 6.45) is 23.0. The lowest BCUT2D eigenvalue weighted by Crippen LogP contribution is -2.46. The summed E-state index contributed by atoms with van der Waals surface area (Å²) in [5.74, 6) is 1.06. The Morgan fingerprint density at radius 1 is 0.345 bits per heavy atom.